The largest absolute Gasteiger partial charge is 0.496 e. The number of hydrogen-bond acceptors (Lipinski definition) is 3. The summed E-state index contributed by atoms with van der Waals surface area (Å²) in [5.74, 6) is -1.67. The average Bonchev–Trinajstić information content (AvgIpc) is 2.25. The van der Waals surface area contributed by atoms with Crippen LogP contribution in [0.25, 0.3) is 0 Å². The van der Waals surface area contributed by atoms with Crippen molar-refractivity contribution in [3.05, 3.63) is 28.5 Å². The number of carboxylic acid groups (broad SMARTS) is 1. The molecule has 1 aromatic carbocycles. The number of hydrogen-bond donors (Lipinski definition) is 2. The first-order valence-electron chi connectivity index (χ1n) is 4.46. The predicted octanol–water partition coefficient (Wildman–Crippen LogP) is 1.44. The minimum atomic E-state index is -1.21. The molecule has 0 fully saturated rings. The number of methoxy groups -OCH3 is 1. The van der Waals surface area contributed by atoms with Crippen molar-refractivity contribution in [3.8, 4) is 5.75 Å². The Labute approximate surface area is 96.8 Å². The summed E-state index contributed by atoms with van der Waals surface area (Å²) in [6.07, 6.45) is -0.176. The van der Waals surface area contributed by atoms with E-state index in [2.05, 4.69) is 0 Å². The van der Waals surface area contributed by atoms with E-state index in [0.29, 0.717) is 0 Å². The molecule has 0 spiro atoms. The number of benzene rings is 1. The van der Waals surface area contributed by atoms with E-state index in [4.69, 9.17) is 27.2 Å². The highest BCUT2D eigenvalue weighted by Gasteiger charge is 2.19. The third-order valence-electron chi connectivity index (χ3n) is 2.11. The number of halogens is 2. The zero-order valence-electron chi connectivity index (χ0n) is 8.54. The maximum absolute atomic E-state index is 13.6. The Kier molecular flexibility index (Phi) is 4.09. The first kappa shape index (κ1) is 12.7. The van der Waals surface area contributed by atoms with Gasteiger partial charge in [-0.05, 0) is 12.1 Å². The first-order chi connectivity index (χ1) is 7.47. The number of carbonyl (C=O) groups is 1. The van der Waals surface area contributed by atoms with Gasteiger partial charge in [0.25, 0.3) is 0 Å². The second-order valence-electron chi connectivity index (χ2n) is 3.19. The molecular formula is C10H11ClFNO3. The molecule has 0 aliphatic carbocycles. The van der Waals surface area contributed by atoms with Crippen LogP contribution in [0, 0.1) is 5.82 Å². The topological polar surface area (TPSA) is 72.5 Å². The van der Waals surface area contributed by atoms with Crippen LogP contribution in [0.1, 0.15) is 5.56 Å². The van der Waals surface area contributed by atoms with E-state index in [1.54, 1.807) is 0 Å². The van der Waals surface area contributed by atoms with Crippen LogP contribution in [0.4, 0.5) is 4.39 Å². The van der Waals surface area contributed by atoms with Crippen molar-refractivity contribution in [1.29, 1.82) is 0 Å². The van der Waals surface area contributed by atoms with E-state index < -0.39 is 17.8 Å². The molecule has 0 aliphatic rings. The Bertz CT molecular complexity index is 411. The standard InChI is InChI=1S/C10H11ClFNO3/c1-16-8-3-2-6(11)9(12)5(8)4-7(13)10(14)15/h2-3,7H,4,13H2,1H3,(H,14,15). The van der Waals surface area contributed by atoms with Gasteiger partial charge in [0.2, 0.25) is 0 Å². The van der Waals surface area contributed by atoms with Crippen LogP contribution >= 0.6 is 11.6 Å². The third-order valence-corrected chi connectivity index (χ3v) is 2.41. The molecule has 4 nitrogen and oxygen atoms in total. The Morgan fingerprint density at radius 1 is 1.69 bits per heavy atom. The lowest BCUT2D eigenvalue weighted by Gasteiger charge is -2.12. The van der Waals surface area contributed by atoms with Gasteiger partial charge in [-0.1, -0.05) is 11.6 Å². The molecule has 1 atom stereocenters. The number of aliphatic carboxylic acids is 1. The van der Waals surface area contributed by atoms with Crippen LogP contribution in [0.2, 0.25) is 5.02 Å². The zero-order valence-corrected chi connectivity index (χ0v) is 9.29. The van der Waals surface area contributed by atoms with Crippen molar-refractivity contribution in [2.24, 2.45) is 5.73 Å². The summed E-state index contributed by atoms with van der Waals surface area (Å²) >= 11 is 5.59. The summed E-state index contributed by atoms with van der Waals surface area (Å²) in [6, 6.07) is 1.61. The Balaban J connectivity index is 3.10. The number of rotatable bonds is 4. The number of nitrogens with two attached hydrogens (primary N) is 1. The number of ether oxygens (including phenoxy) is 1. The SMILES string of the molecule is COc1ccc(Cl)c(F)c1CC(N)C(=O)O. The lowest BCUT2D eigenvalue weighted by Crippen LogP contribution is -2.32. The normalized spacial score (nSPS) is 12.2. The fraction of sp³-hybridized carbons (Fsp3) is 0.300. The van der Waals surface area contributed by atoms with Gasteiger partial charge in [0, 0.05) is 12.0 Å². The predicted molar refractivity (Wildman–Crippen MR) is 57.3 cm³/mol. The third kappa shape index (κ3) is 2.62. The highest BCUT2D eigenvalue weighted by atomic mass is 35.5. The Hall–Kier alpha value is -1.33. The molecule has 6 heteroatoms. The summed E-state index contributed by atoms with van der Waals surface area (Å²) in [6.45, 7) is 0. The lowest BCUT2D eigenvalue weighted by atomic mass is 10.0. The monoisotopic (exact) mass is 247 g/mol. The van der Waals surface area contributed by atoms with Crippen LogP contribution in [0.5, 0.6) is 5.75 Å². The van der Waals surface area contributed by atoms with Gasteiger partial charge in [0.1, 0.15) is 17.6 Å². The van der Waals surface area contributed by atoms with Gasteiger partial charge in [-0.3, -0.25) is 4.79 Å². The molecule has 0 amide bonds. The fourth-order valence-electron chi connectivity index (χ4n) is 1.26. The van der Waals surface area contributed by atoms with Crippen molar-refractivity contribution in [1.82, 2.24) is 0 Å². The molecule has 1 rings (SSSR count). The van der Waals surface area contributed by atoms with Crippen LogP contribution in [-0.2, 0) is 11.2 Å². The fourth-order valence-corrected chi connectivity index (χ4v) is 1.44. The molecule has 1 unspecified atom stereocenters. The molecule has 0 saturated heterocycles. The molecule has 3 N–H and O–H groups in total. The maximum atomic E-state index is 13.6. The first-order valence-corrected chi connectivity index (χ1v) is 4.84. The molecule has 0 saturated carbocycles. The quantitative estimate of drug-likeness (QED) is 0.845. The zero-order chi connectivity index (χ0) is 12.3. The molecule has 88 valence electrons. The van der Waals surface area contributed by atoms with Gasteiger partial charge in [-0.15, -0.1) is 0 Å². The lowest BCUT2D eigenvalue weighted by molar-refractivity contribution is -0.138. The summed E-state index contributed by atoms with van der Waals surface area (Å²) < 4.78 is 18.5. The van der Waals surface area contributed by atoms with Gasteiger partial charge in [0.15, 0.2) is 0 Å². The molecule has 0 aliphatic heterocycles. The summed E-state index contributed by atoms with van der Waals surface area (Å²) in [5, 5.41) is 8.56. The highest BCUT2D eigenvalue weighted by molar-refractivity contribution is 6.30. The second kappa shape index (κ2) is 5.14. The molecule has 0 radical (unpaired) electrons. The van der Waals surface area contributed by atoms with Crippen molar-refractivity contribution >= 4 is 17.6 Å². The highest BCUT2D eigenvalue weighted by Crippen LogP contribution is 2.28. The van der Waals surface area contributed by atoms with Gasteiger partial charge >= 0.3 is 5.97 Å². The molecule has 16 heavy (non-hydrogen) atoms. The molecule has 1 aromatic rings. The van der Waals surface area contributed by atoms with Crippen molar-refractivity contribution in [2.45, 2.75) is 12.5 Å². The second-order valence-corrected chi connectivity index (χ2v) is 3.60. The van der Waals surface area contributed by atoms with E-state index in [0.717, 1.165) is 0 Å². The molecule has 0 aromatic heterocycles. The average molecular weight is 248 g/mol. The summed E-state index contributed by atoms with van der Waals surface area (Å²) in [4.78, 5) is 10.6. The minimum Gasteiger partial charge on any atom is -0.496 e. The van der Waals surface area contributed by atoms with E-state index in [1.807, 2.05) is 0 Å². The Morgan fingerprint density at radius 2 is 2.31 bits per heavy atom. The summed E-state index contributed by atoms with van der Waals surface area (Å²) in [5.41, 5.74) is 5.40. The van der Waals surface area contributed by atoms with E-state index in [-0.39, 0.29) is 22.8 Å². The number of carboxylic acids is 1. The van der Waals surface area contributed by atoms with Gasteiger partial charge in [-0.25, -0.2) is 4.39 Å². The van der Waals surface area contributed by atoms with Crippen LogP contribution < -0.4 is 10.5 Å². The van der Waals surface area contributed by atoms with Crippen molar-refractivity contribution < 1.29 is 19.0 Å². The summed E-state index contributed by atoms with van der Waals surface area (Å²) in [7, 11) is 1.36. The van der Waals surface area contributed by atoms with Gasteiger partial charge < -0.3 is 15.6 Å². The molecular weight excluding hydrogens is 237 g/mol. The maximum Gasteiger partial charge on any atom is 0.320 e. The van der Waals surface area contributed by atoms with Crippen LogP contribution in [-0.4, -0.2) is 24.2 Å². The minimum absolute atomic E-state index is 0.0740. The van der Waals surface area contributed by atoms with Crippen LogP contribution in [0.15, 0.2) is 12.1 Å². The smallest absolute Gasteiger partial charge is 0.320 e. The molecule has 0 heterocycles. The van der Waals surface area contributed by atoms with E-state index in [9.17, 15) is 9.18 Å². The van der Waals surface area contributed by atoms with Gasteiger partial charge in [0.05, 0.1) is 12.1 Å². The Morgan fingerprint density at radius 3 is 2.81 bits per heavy atom. The molecule has 0 bridgehead atoms. The van der Waals surface area contributed by atoms with Gasteiger partial charge in [-0.2, -0.15) is 0 Å². The van der Waals surface area contributed by atoms with E-state index in [1.165, 1.54) is 19.2 Å². The van der Waals surface area contributed by atoms with Crippen molar-refractivity contribution in [3.63, 3.8) is 0 Å². The van der Waals surface area contributed by atoms with E-state index >= 15 is 0 Å². The van der Waals surface area contributed by atoms with Crippen molar-refractivity contribution in [2.75, 3.05) is 7.11 Å². The van der Waals surface area contributed by atoms with Crippen LogP contribution in [0.3, 0.4) is 0 Å².